The Morgan fingerprint density at radius 1 is 0.317 bits per heavy atom. The van der Waals surface area contributed by atoms with E-state index < -0.39 is 0 Å². The Labute approximate surface area is 355 Å². The van der Waals surface area contributed by atoms with E-state index >= 15 is 0 Å². The zero-order valence-electron chi connectivity index (χ0n) is 34.4. The van der Waals surface area contributed by atoms with E-state index in [9.17, 15) is 0 Å². The molecule has 0 aliphatic heterocycles. The van der Waals surface area contributed by atoms with E-state index in [2.05, 4.69) is 267 Å². The highest BCUT2D eigenvalue weighted by Crippen LogP contribution is 2.40. The molecule has 0 spiro atoms. The van der Waals surface area contributed by atoms with Gasteiger partial charge in [0, 0.05) is 33.8 Å². The molecule has 0 saturated carbocycles. The molecule has 0 aliphatic carbocycles. The summed E-state index contributed by atoms with van der Waals surface area (Å²) in [5.74, 6) is 0. The lowest BCUT2D eigenvalue weighted by Crippen LogP contribution is -2.13. The molecule has 290 valence electrons. The molecule has 0 aliphatic rings. The van der Waals surface area contributed by atoms with E-state index in [1.165, 1.54) is 38.6 Å². The summed E-state index contributed by atoms with van der Waals surface area (Å²) >= 11 is 0. The Balaban J connectivity index is 0.991. The summed E-state index contributed by atoms with van der Waals surface area (Å²) < 4.78 is 0. The summed E-state index contributed by atoms with van der Waals surface area (Å²) in [5, 5.41) is 2.45. The van der Waals surface area contributed by atoms with Crippen LogP contribution in [0.4, 0.5) is 34.1 Å². The standard InChI is InChI=1S/C58H48N2/c1-58(2,3)50-31-41-55(42-32-50)60(57-20-12-18-49-17-10-11-19-56(49)57)54-35-25-44(26-36-54)22-21-43-23-33-51(34-24-43)59(52-37-27-47(28-38-52)45-13-6-4-7-14-45)53-39-29-48(30-40-53)46-15-8-5-9-16-46/h4-42H,1-3H3/b22-21+. The lowest BCUT2D eigenvalue weighted by Gasteiger charge is -2.28. The fourth-order valence-corrected chi connectivity index (χ4v) is 7.92. The molecule has 0 unspecified atom stereocenters. The minimum atomic E-state index is 0.0840. The minimum absolute atomic E-state index is 0.0840. The molecule has 0 aromatic heterocycles. The third-order valence-corrected chi connectivity index (χ3v) is 11.2. The van der Waals surface area contributed by atoms with Gasteiger partial charge in [-0.05, 0) is 116 Å². The number of benzene rings is 9. The number of fused-ring (bicyclic) bond motifs is 1. The third-order valence-electron chi connectivity index (χ3n) is 11.2. The van der Waals surface area contributed by atoms with Gasteiger partial charge in [0.05, 0.1) is 5.69 Å². The second-order valence-electron chi connectivity index (χ2n) is 16.3. The van der Waals surface area contributed by atoms with Gasteiger partial charge in [0.1, 0.15) is 0 Å². The second kappa shape index (κ2) is 16.8. The van der Waals surface area contributed by atoms with Gasteiger partial charge in [-0.3, -0.25) is 0 Å². The van der Waals surface area contributed by atoms with Crippen molar-refractivity contribution < 1.29 is 0 Å². The lowest BCUT2D eigenvalue weighted by atomic mass is 9.87. The Hall–Kier alpha value is -7.42. The predicted octanol–water partition coefficient (Wildman–Crippen LogP) is 16.6. The quantitative estimate of drug-likeness (QED) is 0.128. The van der Waals surface area contributed by atoms with Gasteiger partial charge in [-0.1, -0.05) is 191 Å². The maximum Gasteiger partial charge on any atom is 0.0540 e. The first-order chi connectivity index (χ1) is 29.4. The predicted molar refractivity (Wildman–Crippen MR) is 258 cm³/mol. The zero-order valence-corrected chi connectivity index (χ0v) is 34.4. The zero-order chi connectivity index (χ0) is 40.9. The van der Waals surface area contributed by atoms with Crippen LogP contribution in [-0.2, 0) is 5.41 Å². The van der Waals surface area contributed by atoms with Crippen LogP contribution in [0.3, 0.4) is 0 Å². The summed E-state index contributed by atoms with van der Waals surface area (Å²) in [5.41, 5.74) is 15.2. The number of hydrogen-bond acceptors (Lipinski definition) is 2. The van der Waals surface area contributed by atoms with Crippen LogP contribution in [0.2, 0.25) is 0 Å². The van der Waals surface area contributed by atoms with Crippen molar-refractivity contribution in [2.24, 2.45) is 0 Å². The van der Waals surface area contributed by atoms with Crippen LogP contribution in [0.15, 0.2) is 224 Å². The van der Waals surface area contributed by atoms with Crippen molar-refractivity contribution in [3.63, 3.8) is 0 Å². The summed E-state index contributed by atoms with van der Waals surface area (Å²) in [6.07, 6.45) is 4.39. The van der Waals surface area contributed by atoms with E-state index in [1.807, 2.05) is 0 Å². The Morgan fingerprint density at radius 2 is 0.683 bits per heavy atom. The molecule has 0 saturated heterocycles. The molecule has 9 aromatic rings. The molecule has 9 rings (SSSR count). The Bertz CT molecular complexity index is 2750. The van der Waals surface area contributed by atoms with Gasteiger partial charge in [-0.25, -0.2) is 0 Å². The average Bonchev–Trinajstić information content (AvgIpc) is 3.30. The van der Waals surface area contributed by atoms with Crippen molar-refractivity contribution >= 4 is 57.0 Å². The maximum absolute atomic E-state index is 2.37. The smallest absolute Gasteiger partial charge is 0.0540 e. The summed E-state index contributed by atoms with van der Waals surface area (Å²) in [7, 11) is 0. The summed E-state index contributed by atoms with van der Waals surface area (Å²) in [6.45, 7) is 6.79. The molecule has 0 fully saturated rings. The van der Waals surface area contributed by atoms with Gasteiger partial charge in [0.2, 0.25) is 0 Å². The van der Waals surface area contributed by atoms with E-state index in [-0.39, 0.29) is 5.41 Å². The van der Waals surface area contributed by atoms with Crippen molar-refractivity contribution in [2.45, 2.75) is 26.2 Å². The average molecular weight is 773 g/mol. The molecule has 0 atom stereocenters. The Morgan fingerprint density at radius 3 is 1.15 bits per heavy atom. The van der Waals surface area contributed by atoms with Gasteiger partial charge in [-0.15, -0.1) is 0 Å². The summed E-state index contributed by atoms with van der Waals surface area (Å²) in [4.78, 5) is 4.70. The molecular formula is C58H48N2. The van der Waals surface area contributed by atoms with Crippen molar-refractivity contribution in [1.82, 2.24) is 0 Å². The molecule has 0 amide bonds. The van der Waals surface area contributed by atoms with E-state index in [0.717, 1.165) is 45.3 Å². The number of nitrogens with zero attached hydrogens (tertiary/aromatic N) is 2. The number of rotatable bonds is 10. The van der Waals surface area contributed by atoms with Crippen LogP contribution in [0.25, 0.3) is 45.2 Å². The fraction of sp³-hybridized carbons (Fsp3) is 0.0690. The highest BCUT2D eigenvalue weighted by molar-refractivity contribution is 5.99. The van der Waals surface area contributed by atoms with E-state index in [1.54, 1.807) is 0 Å². The van der Waals surface area contributed by atoms with Crippen LogP contribution < -0.4 is 9.80 Å². The van der Waals surface area contributed by atoms with Crippen molar-refractivity contribution in [3.05, 3.63) is 241 Å². The summed E-state index contributed by atoms with van der Waals surface area (Å²) in [6, 6.07) is 80.7. The highest BCUT2D eigenvalue weighted by Gasteiger charge is 2.18. The minimum Gasteiger partial charge on any atom is -0.311 e. The monoisotopic (exact) mass is 772 g/mol. The number of hydrogen-bond donors (Lipinski definition) is 0. The van der Waals surface area contributed by atoms with Gasteiger partial charge in [-0.2, -0.15) is 0 Å². The van der Waals surface area contributed by atoms with Crippen LogP contribution >= 0.6 is 0 Å². The molecule has 2 nitrogen and oxygen atoms in total. The molecule has 9 aromatic carbocycles. The maximum atomic E-state index is 2.37. The second-order valence-corrected chi connectivity index (χ2v) is 16.3. The number of anilines is 6. The molecule has 0 heterocycles. The molecule has 60 heavy (non-hydrogen) atoms. The van der Waals surface area contributed by atoms with Gasteiger partial charge in [0.25, 0.3) is 0 Å². The molecule has 2 heteroatoms. The first kappa shape index (κ1) is 38.1. The largest absolute Gasteiger partial charge is 0.311 e. The molecule has 0 bridgehead atoms. The van der Waals surface area contributed by atoms with Crippen LogP contribution in [0.5, 0.6) is 0 Å². The van der Waals surface area contributed by atoms with Crippen LogP contribution in [0.1, 0.15) is 37.5 Å². The highest BCUT2D eigenvalue weighted by atomic mass is 15.1. The van der Waals surface area contributed by atoms with Crippen molar-refractivity contribution in [1.29, 1.82) is 0 Å². The molecule has 0 radical (unpaired) electrons. The first-order valence-corrected chi connectivity index (χ1v) is 20.8. The lowest BCUT2D eigenvalue weighted by molar-refractivity contribution is 0.590. The van der Waals surface area contributed by atoms with Gasteiger partial charge < -0.3 is 9.80 Å². The van der Waals surface area contributed by atoms with E-state index in [4.69, 9.17) is 0 Å². The van der Waals surface area contributed by atoms with E-state index in [0.29, 0.717) is 0 Å². The molecule has 0 N–H and O–H groups in total. The third kappa shape index (κ3) is 8.27. The SMILES string of the molecule is CC(C)(C)c1ccc(N(c2ccc(/C=C/c3ccc(N(c4ccc(-c5ccccc5)cc4)c4ccc(-c5ccccc5)cc4)cc3)cc2)c2cccc3ccccc23)cc1. The fourth-order valence-electron chi connectivity index (χ4n) is 7.92. The topological polar surface area (TPSA) is 6.48 Å². The van der Waals surface area contributed by atoms with Gasteiger partial charge in [0.15, 0.2) is 0 Å². The van der Waals surface area contributed by atoms with Crippen molar-refractivity contribution in [3.8, 4) is 22.3 Å². The molecular weight excluding hydrogens is 725 g/mol. The Kier molecular flexibility index (Phi) is 10.7. The van der Waals surface area contributed by atoms with Crippen LogP contribution in [0, 0.1) is 0 Å². The van der Waals surface area contributed by atoms with Crippen LogP contribution in [-0.4, -0.2) is 0 Å². The normalized spacial score (nSPS) is 11.5. The van der Waals surface area contributed by atoms with Gasteiger partial charge >= 0.3 is 0 Å². The first-order valence-electron chi connectivity index (χ1n) is 20.8. The van der Waals surface area contributed by atoms with Crippen molar-refractivity contribution in [2.75, 3.05) is 9.80 Å².